The zero-order valence-electron chi connectivity index (χ0n) is 16.2. The topological polar surface area (TPSA) is 77.0 Å². The average molecular weight is 377 g/mol. The van der Waals surface area contributed by atoms with Gasteiger partial charge in [-0.15, -0.1) is 0 Å². The molecule has 0 radical (unpaired) electrons. The van der Waals surface area contributed by atoms with E-state index in [1.54, 1.807) is 31.2 Å². The summed E-state index contributed by atoms with van der Waals surface area (Å²) in [5, 5.41) is 0.510. The number of ether oxygens (including phenoxy) is 1. The number of para-hydroxylation sites is 1. The Kier molecular flexibility index (Phi) is 4.63. The molecule has 0 aliphatic heterocycles. The summed E-state index contributed by atoms with van der Waals surface area (Å²) in [4.78, 5) is 31.5. The van der Waals surface area contributed by atoms with Gasteiger partial charge in [0.15, 0.2) is 11.9 Å². The summed E-state index contributed by atoms with van der Waals surface area (Å²) in [5.41, 5.74) is 3.72. The summed E-state index contributed by atoms with van der Waals surface area (Å²) >= 11 is 0. The Labute approximate surface area is 162 Å². The van der Waals surface area contributed by atoms with Crippen molar-refractivity contribution in [3.63, 3.8) is 0 Å². The lowest BCUT2D eigenvalue weighted by molar-refractivity contribution is -0.142. The molecule has 2 aromatic heterocycles. The Morgan fingerprint density at radius 1 is 1.32 bits per heavy atom. The highest BCUT2D eigenvalue weighted by Crippen LogP contribution is 2.38. The number of rotatable bonds is 5. The van der Waals surface area contributed by atoms with Crippen LogP contribution < -0.4 is 5.56 Å². The molecule has 1 saturated carbocycles. The lowest BCUT2D eigenvalue weighted by Gasteiger charge is -2.11. The molecule has 1 aliphatic carbocycles. The number of fused-ring (bicyclic) bond motifs is 1. The first-order valence-corrected chi connectivity index (χ1v) is 9.50. The molecule has 1 aliphatic rings. The van der Waals surface area contributed by atoms with Crippen LogP contribution >= 0.6 is 0 Å². The molecule has 6 heteroatoms. The van der Waals surface area contributed by atoms with Gasteiger partial charge in [-0.05, 0) is 63.5 Å². The van der Waals surface area contributed by atoms with Gasteiger partial charge in [-0.2, -0.15) is 0 Å². The second kappa shape index (κ2) is 7.11. The summed E-state index contributed by atoms with van der Waals surface area (Å²) in [5.74, 6) is -0.142. The number of aryl methyl sites for hydroxylation is 1. The summed E-state index contributed by atoms with van der Waals surface area (Å²) < 4.78 is 7.76. The van der Waals surface area contributed by atoms with Gasteiger partial charge in [0.25, 0.3) is 5.56 Å². The molecule has 0 bridgehead atoms. The van der Waals surface area contributed by atoms with Crippen molar-refractivity contribution in [1.82, 2.24) is 14.5 Å². The highest BCUT2D eigenvalue weighted by Gasteiger charge is 2.26. The van der Waals surface area contributed by atoms with E-state index in [1.165, 1.54) is 24.6 Å². The maximum atomic E-state index is 12.3. The maximum absolute atomic E-state index is 12.3. The molecular formula is C22H23N3O3. The predicted molar refractivity (Wildman–Crippen MR) is 108 cm³/mol. The first-order chi connectivity index (χ1) is 13.4. The van der Waals surface area contributed by atoms with E-state index >= 15 is 0 Å². The minimum Gasteiger partial charge on any atom is -0.451 e. The van der Waals surface area contributed by atoms with Gasteiger partial charge in [0.2, 0.25) is 0 Å². The van der Waals surface area contributed by atoms with Crippen LogP contribution in [0.1, 0.15) is 54.7 Å². The molecule has 3 aromatic rings. The second-order valence-electron chi connectivity index (χ2n) is 7.31. The number of carbonyl (C=O) groups excluding carboxylic acids is 1. The number of hydrogen-bond donors (Lipinski definition) is 1. The Balaban J connectivity index is 1.49. The molecule has 1 N–H and O–H groups in total. The molecule has 0 unspecified atom stereocenters. The number of aromatic nitrogens is 3. The summed E-state index contributed by atoms with van der Waals surface area (Å²) in [6.45, 7) is 5.85. The Morgan fingerprint density at radius 2 is 2.07 bits per heavy atom. The standard InChI is InChI=1S/C22H23N3O3/c1-13-12-16(14(2)25(13)17-9-10-17)8-11-20(26)28-15(3)21-23-19-7-5-4-6-18(19)22(27)24-21/h4-8,11-12,15,17H,9-10H2,1-3H3,(H,23,24,27)/b11-8+/t15-/m1/s1. The third-order valence-corrected chi connectivity index (χ3v) is 5.14. The van der Waals surface area contributed by atoms with Crippen molar-refractivity contribution in [3.05, 3.63) is 69.5 Å². The fourth-order valence-electron chi connectivity index (χ4n) is 3.59. The number of aromatic amines is 1. The van der Waals surface area contributed by atoms with Crippen LogP contribution in [0.4, 0.5) is 0 Å². The third-order valence-electron chi connectivity index (χ3n) is 5.14. The zero-order valence-corrected chi connectivity index (χ0v) is 16.2. The molecule has 1 aromatic carbocycles. The number of carbonyl (C=O) groups is 1. The molecule has 4 rings (SSSR count). The van der Waals surface area contributed by atoms with E-state index in [0.29, 0.717) is 22.8 Å². The fraction of sp³-hybridized carbons (Fsp3) is 0.318. The monoisotopic (exact) mass is 377 g/mol. The minimum absolute atomic E-state index is 0.244. The van der Waals surface area contributed by atoms with Gasteiger partial charge in [0.05, 0.1) is 10.9 Å². The van der Waals surface area contributed by atoms with Crippen molar-refractivity contribution in [3.8, 4) is 0 Å². The van der Waals surface area contributed by atoms with Crippen LogP contribution in [0.5, 0.6) is 0 Å². The van der Waals surface area contributed by atoms with Crippen molar-refractivity contribution in [2.75, 3.05) is 0 Å². The first kappa shape index (κ1) is 18.2. The lowest BCUT2D eigenvalue weighted by atomic mass is 10.2. The number of nitrogens with zero attached hydrogens (tertiary/aromatic N) is 2. The SMILES string of the molecule is Cc1cc(/C=C/C(=O)O[C@H](C)c2nc3ccccc3c(=O)[nH]2)c(C)n1C1CC1. The fourth-order valence-corrected chi connectivity index (χ4v) is 3.59. The van der Waals surface area contributed by atoms with E-state index in [-0.39, 0.29) is 5.56 Å². The summed E-state index contributed by atoms with van der Waals surface area (Å²) in [6, 6.07) is 9.76. The van der Waals surface area contributed by atoms with Gasteiger partial charge in [0, 0.05) is 23.5 Å². The smallest absolute Gasteiger partial charge is 0.331 e. The van der Waals surface area contributed by atoms with Crippen LogP contribution in [0.15, 0.2) is 41.2 Å². The normalized spacial score (nSPS) is 15.2. The van der Waals surface area contributed by atoms with Crippen LogP contribution in [-0.2, 0) is 9.53 Å². The van der Waals surface area contributed by atoms with Crippen molar-refractivity contribution in [1.29, 1.82) is 0 Å². The van der Waals surface area contributed by atoms with Crippen LogP contribution in [0.2, 0.25) is 0 Å². The van der Waals surface area contributed by atoms with Gasteiger partial charge in [0.1, 0.15) is 0 Å². The van der Waals surface area contributed by atoms with Crippen molar-refractivity contribution in [2.24, 2.45) is 0 Å². The van der Waals surface area contributed by atoms with Gasteiger partial charge in [-0.3, -0.25) is 4.79 Å². The number of H-pyrrole nitrogens is 1. The molecule has 0 amide bonds. The largest absolute Gasteiger partial charge is 0.451 e. The molecule has 1 atom stereocenters. The zero-order chi connectivity index (χ0) is 19.8. The van der Waals surface area contributed by atoms with Crippen molar-refractivity contribution >= 4 is 22.9 Å². The van der Waals surface area contributed by atoms with Crippen LogP contribution in [0.3, 0.4) is 0 Å². The van der Waals surface area contributed by atoms with E-state index < -0.39 is 12.1 Å². The van der Waals surface area contributed by atoms with Gasteiger partial charge < -0.3 is 14.3 Å². The number of nitrogens with one attached hydrogen (secondary N) is 1. The molecule has 0 spiro atoms. The molecule has 28 heavy (non-hydrogen) atoms. The summed E-state index contributed by atoms with van der Waals surface area (Å²) in [6.07, 6.45) is 4.99. The minimum atomic E-state index is -0.659. The van der Waals surface area contributed by atoms with E-state index in [2.05, 4.69) is 34.4 Å². The Hall–Kier alpha value is -3.15. The molecule has 6 nitrogen and oxygen atoms in total. The van der Waals surface area contributed by atoms with Crippen LogP contribution in [-0.4, -0.2) is 20.5 Å². The Bertz CT molecular complexity index is 1140. The first-order valence-electron chi connectivity index (χ1n) is 9.50. The molecule has 2 heterocycles. The average Bonchev–Trinajstić information content (AvgIpc) is 3.45. The highest BCUT2D eigenvalue weighted by molar-refractivity contribution is 5.87. The van der Waals surface area contributed by atoms with E-state index in [4.69, 9.17) is 4.74 Å². The third kappa shape index (κ3) is 3.50. The van der Waals surface area contributed by atoms with E-state index in [1.807, 2.05) is 6.07 Å². The van der Waals surface area contributed by atoms with Crippen LogP contribution in [0, 0.1) is 13.8 Å². The lowest BCUT2D eigenvalue weighted by Crippen LogP contribution is -2.16. The van der Waals surface area contributed by atoms with Gasteiger partial charge >= 0.3 is 5.97 Å². The predicted octanol–water partition coefficient (Wildman–Crippen LogP) is 3.99. The molecule has 1 fully saturated rings. The quantitative estimate of drug-likeness (QED) is 0.539. The van der Waals surface area contributed by atoms with Gasteiger partial charge in [-0.1, -0.05) is 12.1 Å². The maximum Gasteiger partial charge on any atom is 0.331 e. The molecule has 0 saturated heterocycles. The van der Waals surface area contributed by atoms with E-state index in [9.17, 15) is 9.59 Å². The van der Waals surface area contributed by atoms with Crippen molar-refractivity contribution < 1.29 is 9.53 Å². The van der Waals surface area contributed by atoms with Crippen molar-refractivity contribution in [2.45, 2.75) is 45.8 Å². The van der Waals surface area contributed by atoms with Gasteiger partial charge in [-0.25, -0.2) is 9.78 Å². The second-order valence-corrected chi connectivity index (χ2v) is 7.31. The number of benzene rings is 1. The van der Waals surface area contributed by atoms with E-state index in [0.717, 1.165) is 11.3 Å². The molecular weight excluding hydrogens is 354 g/mol. The number of hydrogen-bond acceptors (Lipinski definition) is 4. The molecule has 144 valence electrons. The Morgan fingerprint density at radius 3 is 2.82 bits per heavy atom. The highest BCUT2D eigenvalue weighted by atomic mass is 16.5. The van der Waals surface area contributed by atoms with Crippen LogP contribution in [0.25, 0.3) is 17.0 Å². The summed E-state index contributed by atoms with van der Waals surface area (Å²) in [7, 11) is 0. The number of esters is 1.